The normalized spacial score (nSPS) is 10.6. The number of benzene rings is 2. The number of nitrogen functional groups attached to an aromatic ring is 1. The van der Waals surface area contributed by atoms with Gasteiger partial charge in [0.05, 0.1) is 12.6 Å². The number of rotatable bonds is 6. The number of aromatic nitrogens is 2. The summed E-state index contributed by atoms with van der Waals surface area (Å²) in [6.45, 7) is 0. The van der Waals surface area contributed by atoms with Crippen LogP contribution < -0.4 is 16.2 Å². The molecule has 1 aromatic heterocycles. The lowest BCUT2D eigenvalue weighted by atomic mass is 10.0. The fraction of sp³-hybridized carbons (Fsp3) is 0.105. The Labute approximate surface area is 161 Å². The number of nitrogens with two attached hydrogens (primary N) is 2. The third-order valence-electron chi connectivity index (χ3n) is 3.99. The maximum Gasteiger partial charge on any atom is 0.230 e. The molecule has 3 rings (SSSR count). The van der Waals surface area contributed by atoms with Gasteiger partial charge >= 0.3 is 0 Å². The fourth-order valence-corrected chi connectivity index (χ4v) is 3.10. The van der Waals surface area contributed by atoms with E-state index in [4.69, 9.17) is 16.3 Å². The van der Waals surface area contributed by atoms with E-state index in [1.165, 1.54) is 0 Å². The molecule has 0 bridgehead atoms. The molecule has 0 aliphatic heterocycles. The van der Waals surface area contributed by atoms with E-state index in [0.717, 1.165) is 28.0 Å². The number of carbonyl (C=O) groups excluding carboxylic acids is 1. The maximum absolute atomic E-state index is 12.4. The van der Waals surface area contributed by atoms with Crippen molar-refractivity contribution in [1.82, 2.24) is 9.78 Å². The van der Waals surface area contributed by atoms with Crippen molar-refractivity contribution in [2.75, 3.05) is 11.1 Å². The number of nitrogens with zero attached hydrogens (tertiary/aromatic N) is 2. The van der Waals surface area contributed by atoms with Crippen molar-refractivity contribution in [2.45, 2.75) is 11.3 Å². The molecule has 0 fully saturated rings. The quantitative estimate of drug-likeness (QED) is 0.297. The number of para-hydroxylation sites is 1. The Hall–Kier alpha value is -3.10. The first kappa shape index (κ1) is 18.7. The highest BCUT2D eigenvalue weighted by molar-refractivity contribution is 7.97. The second kappa shape index (κ2) is 8.07. The fourth-order valence-electron chi connectivity index (χ4n) is 2.71. The summed E-state index contributed by atoms with van der Waals surface area (Å²) in [6.07, 6.45) is 3.57. The molecule has 3 aromatic rings. The number of hydrogen-bond donors (Lipinski definition) is 4. The van der Waals surface area contributed by atoms with Gasteiger partial charge in [-0.1, -0.05) is 18.2 Å². The summed E-state index contributed by atoms with van der Waals surface area (Å²) in [6, 6.07) is 12.6. The molecule has 0 radical (unpaired) electrons. The van der Waals surface area contributed by atoms with Crippen LogP contribution in [0.1, 0.15) is 12.0 Å². The van der Waals surface area contributed by atoms with Crippen LogP contribution in [0.4, 0.5) is 11.4 Å². The topological polar surface area (TPSA) is 123 Å². The van der Waals surface area contributed by atoms with Crippen LogP contribution in [-0.2, 0) is 11.8 Å². The number of amides is 1. The van der Waals surface area contributed by atoms with E-state index in [0.29, 0.717) is 16.9 Å². The molecule has 0 saturated carbocycles. The smallest absolute Gasteiger partial charge is 0.230 e. The minimum atomic E-state index is -0.292. The number of hydrogen-bond acceptors (Lipinski definition) is 6. The van der Waals surface area contributed by atoms with Crippen LogP contribution >= 0.6 is 11.9 Å². The summed E-state index contributed by atoms with van der Waals surface area (Å²) < 4.78 is 1.71. The molecule has 0 atom stereocenters. The minimum Gasteiger partial charge on any atom is -0.398 e. The SMILES string of the molecule is Cn1cc(-c2cc(NC(=O)CC(=N)c3ccccc3N)cc(SN)c2)cn1. The molecule has 1 amide bonds. The predicted octanol–water partition coefficient (Wildman–Crippen LogP) is 3.03. The number of anilines is 2. The zero-order chi connectivity index (χ0) is 19.4. The van der Waals surface area contributed by atoms with Crippen LogP contribution in [0, 0.1) is 5.41 Å². The molecule has 0 unspecified atom stereocenters. The van der Waals surface area contributed by atoms with Crippen molar-refractivity contribution in [3.8, 4) is 11.1 Å². The van der Waals surface area contributed by atoms with Gasteiger partial charge in [0.15, 0.2) is 0 Å². The molecule has 8 heteroatoms. The molecule has 138 valence electrons. The molecule has 0 aliphatic carbocycles. The molecule has 2 aromatic carbocycles. The van der Waals surface area contributed by atoms with Gasteiger partial charge in [0.1, 0.15) is 0 Å². The van der Waals surface area contributed by atoms with Crippen LogP contribution in [0.25, 0.3) is 11.1 Å². The highest BCUT2D eigenvalue weighted by Gasteiger charge is 2.12. The second-order valence-electron chi connectivity index (χ2n) is 6.06. The minimum absolute atomic E-state index is 0.0730. The third-order valence-corrected chi connectivity index (χ3v) is 4.50. The lowest BCUT2D eigenvalue weighted by Gasteiger charge is -2.11. The van der Waals surface area contributed by atoms with Crippen molar-refractivity contribution in [2.24, 2.45) is 12.2 Å². The Bertz CT molecular complexity index is 997. The molecular formula is C19H20N6OS. The first-order chi connectivity index (χ1) is 13.0. The van der Waals surface area contributed by atoms with Crippen molar-refractivity contribution >= 4 is 34.9 Å². The van der Waals surface area contributed by atoms with Crippen LogP contribution in [0.15, 0.2) is 59.8 Å². The van der Waals surface area contributed by atoms with Crippen molar-refractivity contribution < 1.29 is 4.79 Å². The standard InChI is InChI=1S/C19H20N6OS/c1-25-11-13(10-23-25)12-6-14(8-15(7-12)27-22)24-19(26)9-18(21)16-4-2-3-5-17(16)20/h2-8,10-11,21H,9,20,22H2,1H3,(H,24,26). The molecular weight excluding hydrogens is 360 g/mol. The summed E-state index contributed by atoms with van der Waals surface area (Å²) in [5.74, 6) is -0.292. The van der Waals surface area contributed by atoms with Gasteiger partial charge in [-0.15, -0.1) is 0 Å². The Balaban J connectivity index is 1.77. The number of aryl methyl sites for hydroxylation is 1. The zero-order valence-electron chi connectivity index (χ0n) is 14.8. The molecule has 0 spiro atoms. The predicted molar refractivity (Wildman–Crippen MR) is 110 cm³/mol. The first-order valence-corrected chi connectivity index (χ1v) is 9.07. The van der Waals surface area contributed by atoms with Gasteiger partial charge in [-0.05, 0) is 41.8 Å². The van der Waals surface area contributed by atoms with Gasteiger partial charge in [0, 0.05) is 46.4 Å². The van der Waals surface area contributed by atoms with Crippen molar-refractivity contribution in [3.63, 3.8) is 0 Å². The summed E-state index contributed by atoms with van der Waals surface area (Å²) in [5, 5.41) is 20.9. The Morgan fingerprint density at radius 3 is 2.70 bits per heavy atom. The van der Waals surface area contributed by atoms with Gasteiger partial charge in [-0.25, -0.2) is 0 Å². The third kappa shape index (κ3) is 4.55. The van der Waals surface area contributed by atoms with E-state index in [9.17, 15) is 4.79 Å². The van der Waals surface area contributed by atoms with Gasteiger partial charge < -0.3 is 16.5 Å². The summed E-state index contributed by atoms with van der Waals surface area (Å²) in [4.78, 5) is 13.2. The highest BCUT2D eigenvalue weighted by atomic mass is 32.2. The molecule has 0 aliphatic rings. The van der Waals surface area contributed by atoms with Gasteiger partial charge in [0.25, 0.3) is 0 Å². The second-order valence-corrected chi connectivity index (χ2v) is 6.76. The summed E-state index contributed by atoms with van der Waals surface area (Å²) in [5.41, 5.74) is 9.53. The average Bonchev–Trinajstić information content (AvgIpc) is 3.08. The van der Waals surface area contributed by atoms with E-state index < -0.39 is 0 Å². The first-order valence-electron chi connectivity index (χ1n) is 8.19. The van der Waals surface area contributed by atoms with Crippen molar-refractivity contribution in [3.05, 3.63) is 60.4 Å². The van der Waals surface area contributed by atoms with E-state index in [1.807, 2.05) is 25.4 Å². The monoisotopic (exact) mass is 380 g/mol. The molecule has 1 heterocycles. The van der Waals surface area contributed by atoms with Crippen LogP contribution in [0.2, 0.25) is 0 Å². The van der Waals surface area contributed by atoms with Crippen LogP contribution in [0.3, 0.4) is 0 Å². The van der Waals surface area contributed by atoms with Gasteiger partial charge in [-0.3, -0.25) is 14.6 Å². The summed E-state index contributed by atoms with van der Waals surface area (Å²) >= 11 is 1.10. The van der Waals surface area contributed by atoms with E-state index in [1.54, 1.807) is 41.2 Å². The Kier molecular flexibility index (Phi) is 5.58. The molecule has 0 saturated heterocycles. The summed E-state index contributed by atoms with van der Waals surface area (Å²) in [7, 11) is 1.84. The average molecular weight is 380 g/mol. The van der Waals surface area contributed by atoms with Gasteiger partial charge in [0.2, 0.25) is 5.91 Å². The van der Waals surface area contributed by atoms with E-state index >= 15 is 0 Å². The zero-order valence-corrected chi connectivity index (χ0v) is 15.6. The van der Waals surface area contributed by atoms with E-state index in [-0.39, 0.29) is 18.0 Å². The van der Waals surface area contributed by atoms with E-state index in [2.05, 4.69) is 10.4 Å². The van der Waals surface area contributed by atoms with Crippen molar-refractivity contribution in [1.29, 1.82) is 5.41 Å². The largest absolute Gasteiger partial charge is 0.398 e. The Morgan fingerprint density at radius 2 is 2.04 bits per heavy atom. The molecule has 7 nitrogen and oxygen atoms in total. The number of nitrogens with one attached hydrogen (secondary N) is 2. The number of carbonyl (C=O) groups is 1. The van der Waals surface area contributed by atoms with Gasteiger partial charge in [-0.2, -0.15) is 5.10 Å². The molecule has 6 N–H and O–H groups in total. The lowest BCUT2D eigenvalue weighted by Crippen LogP contribution is -2.17. The van der Waals surface area contributed by atoms with Crippen LogP contribution in [0.5, 0.6) is 0 Å². The lowest BCUT2D eigenvalue weighted by molar-refractivity contribution is -0.115. The van der Waals surface area contributed by atoms with Crippen LogP contribution in [-0.4, -0.2) is 21.4 Å². The maximum atomic E-state index is 12.4. The molecule has 27 heavy (non-hydrogen) atoms. The highest BCUT2D eigenvalue weighted by Crippen LogP contribution is 2.28. The Morgan fingerprint density at radius 1 is 1.26 bits per heavy atom.